The summed E-state index contributed by atoms with van der Waals surface area (Å²) in [5.41, 5.74) is 0.140. The zero-order valence-corrected chi connectivity index (χ0v) is 12.8. The number of ether oxygens (including phenoxy) is 2. The lowest BCUT2D eigenvalue weighted by Gasteiger charge is -2.37. The second-order valence-electron chi connectivity index (χ2n) is 5.68. The fourth-order valence-electron chi connectivity index (χ4n) is 2.93. The van der Waals surface area contributed by atoms with Gasteiger partial charge >= 0.3 is 0 Å². The van der Waals surface area contributed by atoms with Crippen molar-refractivity contribution in [2.75, 3.05) is 26.3 Å². The maximum Gasteiger partial charge on any atom is 0.274 e. The van der Waals surface area contributed by atoms with Gasteiger partial charge in [-0.3, -0.25) is 9.59 Å². The minimum Gasteiger partial charge on any atom is -0.347 e. The molecule has 120 valence electrons. The van der Waals surface area contributed by atoms with E-state index >= 15 is 0 Å². The van der Waals surface area contributed by atoms with Crippen molar-refractivity contribution in [2.45, 2.75) is 38.5 Å². The van der Waals surface area contributed by atoms with Crippen molar-refractivity contribution in [1.82, 2.24) is 14.7 Å². The monoisotopic (exact) mass is 307 g/mol. The number of piperidine rings is 1. The molecule has 2 aliphatic heterocycles. The third kappa shape index (κ3) is 2.91. The Hall–Kier alpha value is -1.73. The summed E-state index contributed by atoms with van der Waals surface area (Å²) in [4.78, 5) is 26.0. The van der Waals surface area contributed by atoms with Crippen LogP contribution in [0.3, 0.4) is 0 Å². The molecule has 2 saturated heterocycles. The van der Waals surface area contributed by atoms with E-state index in [9.17, 15) is 9.59 Å². The second kappa shape index (κ2) is 6.18. The number of rotatable bonds is 3. The van der Waals surface area contributed by atoms with Crippen molar-refractivity contribution in [2.24, 2.45) is 0 Å². The van der Waals surface area contributed by atoms with Crippen LogP contribution in [0.15, 0.2) is 16.9 Å². The number of carbonyl (C=O) groups excluding carboxylic acids is 1. The van der Waals surface area contributed by atoms with Crippen LogP contribution in [0.25, 0.3) is 0 Å². The number of hydrogen-bond donors (Lipinski definition) is 0. The molecule has 3 heterocycles. The van der Waals surface area contributed by atoms with E-state index in [4.69, 9.17) is 9.47 Å². The zero-order valence-electron chi connectivity index (χ0n) is 12.8. The number of likely N-dealkylation sites (tertiary alicyclic amines) is 1. The molecule has 2 fully saturated rings. The van der Waals surface area contributed by atoms with E-state index in [-0.39, 0.29) is 11.5 Å². The molecule has 2 aliphatic rings. The van der Waals surface area contributed by atoms with Crippen LogP contribution in [0.2, 0.25) is 0 Å². The highest BCUT2D eigenvalue weighted by molar-refractivity contribution is 5.92. The maximum absolute atomic E-state index is 12.5. The van der Waals surface area contributed by atoms with Gasteiger partial charge in [0.05, 0.1) is 13.2 Å². The Morgan fingerprint density at radius 1 is 1.27 bits per heavy atom. The molecule has 1 aromatic heterocycles. The molecule has 0 aliphatic carbocycles. The van der Waals surface area contributed by atoms with E-state index in [2.05, 4.69) is 5.10 Å². The Kier molecular flexibility index (Phi) is 4.26. The Balaban J connectivity index is 1.69. The SMILES string of the molecule is CCCn1nc(C(=O)N2CCC3(CC2)OCCO3)ccc1=O. The largest absolute Gasteiger partial charge is 0.347 e. The van der Waals surface area contributed by atoms with Gasteiger partial charge in [-0.15, -0.1) is 0 Å². The van der Waals surface area contributed by atoms with Crippen LogP contribution >= 0.6 is 0 Å². The van der Waals surface area contributed by atoms with Crippen LogP contribution in [0, 0.1) is 0 Å². The fourth-order valence-corrected chi connectivity index (χ4v) is 2.93. The minimum absolute atomic E-state index is 0.141. The normalized spacial score (nSPS) is 20.5. The standard InChI is InChI=1S/C15H21N3O4/c1-2-7-18-13(19)4-3-12(16-18)14(20)17-8-5-15(6-9-17)21-10-11-22-15/h3-4H,2,5-11H2,1H3. The molecule has 0 radical (unpaired) electrons. The van der Waals surface area contributed by atoms with Crippen molar-refractivity contribution in [3.05, 3.63) is 28.2 Å². The van der Waals surface area contributed by atoms with Crippen molar-refractivity contribution in [3.8, 4) is 0 Å². The van der Waals surface area contributed by atoms with E-state index in [1.165, 1.54) is 16.8 Å². The smallest absolute Gasteiger partial charge is 0.274 e. The summed E-state index contributed by atoms with van der Waals surface area (Å²) in [5, 5.41) is 4.18. The Labute approximate surface area is 128 Å². The first-order chi connectivity index (χ1) is 10.6. The van der Waals surface area contributed by atoms with Gasteiger partial charge < -0.3 is 14.4 Å². The molecule has 22 heavy (non-hydrogen) atoms. The van der Waals surface area contributed by atoms with E-state index in [0.717, 1.165) is 6.42 Å². The second-order valence-corrected chi connectivity index (χ2v) is 5.68. The van der Waals surface area contributed by atoms with Crippen LogP contribution in [-0.4, -0.2) is 52.7 Å². The van der Waals surface area contributed by atoms with E-state index in [1.54, 1.807) is 4.90 Å². The Bertz CT molecular complexity index is 597. The van der Waals surface area contributed by atoms with Gasteiger partial charge in [-0.05, 0) is 12.5 Å². The molecule has 0 unspecified atom stereocenters. The highest BCUT2D eigenvalue weighted by Crippen LogP contribution is 2.31. The van der Waals surface area contributed by atoms with Gasteiger partial charge in [-0.2, -0.15) is 5.10 Å². The average molecular weight is 307 g/mol. The average Bonchev–Trinajstić information content (AvgIpc) is 2.98. The summed E-state index contributed by atoms with van der Waals surface area (Å²) in [5.74, 6) is -0.636. The minimum atomic E-state index is -0.495. The number of carbonyl (C=O) groups is 1. The van der Waals surface area contributed by atoms with Crippen molar-refractivity contribution in [1.29, 1.82) is 0 Å². The molecule has 3 rings (SSSR count). The highest BCUT2D eigenvalue weighted by Gasteiger charge is 2.41. The fraction of sp³-hybridized carbons (Fsp3) is 0.667. The van der Waals surface area contributed by atoms with E-state index < -0.39 is 5.79 Å². The van der Waals surface area contributed by atoms with E-state index in [0.29, 0.717) is 51.4 Å². The first kappa shape index (κ1) is 15.2. The van der Waals surface area contributed by atoms with Crippen LogP contribution in [0.1, 0.15) is 36.7 Å². The number of aryl methyl sites for hydroxylation is 1. The summed E-state index contributed by atoms with van der Waals surface area (Å²) in [6.45, 7) is 4.88. The van der Waals surface area contributed by atoms with Crippen LogP contribution in [0.5, 0.6) is 0 Å². The lowest BCUT2D eigenvalue weighted by molar-refractivity contribution is -0.181. The lowest BCUT2D eigenvalue weighted by atomic mass is 10.0. The summed E-state index contributed by atoms with van der Waals surface area (Å²) in [6.07, 6.45) is 2.14. The first-order valence-electron chi connectivity index (χ1n) is 7.79. The molecule has 1 amide bonds. The molecule has 7 heteroatoms. The number of aromatic nitrogens is 2. The van der Waals surface area contributed by atoms with Crippen molar-refractivity contribution in [3.63, 3.8) is 0 Å². The van der Waals surface area contributed by atoms with Gasteiger partial charge in [0.1, 0.15) is 5.69 Å². The molecule has 0 aromatic carbocycles. The third-order valence-electron chi connectivity index (χ3n) is 4.15. The summed E-state index contributed by atoms with van der Waals surface area (Å²) < 4.78 is 12.7. The first-order valence-corrected chi connectivity index (χ1v) is 7.79. The van der Waals surface area contributed by atoms with E-state index in [1.807, 2.05) is 6.92 Å². The topological polar surface area (TPSA) is 73.7 Å². The molecule has 0 N–H and O–H groups in total. The summed E-state index contributed by atoms with van der Waals surface area (Å²) in [7, 11) is 0. The summed E-state index contributed by atoms with van der Waals surface area (Å²) >= 11 is 0. The predicted molar refractivity (Wildman–Crippen MR) is 78.6 cm³/mol. The van der Waals surface area contributed by atoms with Crippen LogP contribution in [0.4, 0.5) is 0 Å². The maximum atomic E-state index is 12.5. The molecule has 1 aromatic rings. The van der Waals surface area contributed by atoms with Gasteiger partial charge in [0.2, 0.25) is 0 Å². The molecule has 1 spiro atoms. The predicted octanol–water partition coefficient (Wildman–Crippen LogP) is 0.632. The molecule has 0 saturated carbocycles. The molecular weight excluding hydrogens is 286 g/mol. The highest BCUT2D eigenvalue weighted by atomic mass is 16.7. The summed E-state index contributed by atoms with van der Waals surface area (Å²) in [6, 6.07) is 2.91. The van der Waals surface area contributed by atoms with Gasteiger partial charge in [0.15, 0.2) is 5.79 Å². The Morgan fingerprint density at radius 2 is 1.95 bits per heavy atom. The Morgan fingerprint density at radius 3 is 2.59 bits per heavy atom. The third-order valence-corrected chi connectivity index (χ3v) is 4.15. The van der Waals surface area contributed by atoms with Crippen LogP contribution < -0.4 is 5.56 Å². The molecular formula is C15H21N3O4. The quantitative estimate of drug-likeness (QED) is 0.819. The number of nitrogens with zero attached hydrogens (tertiary/aromatic N) is 3. The van der Waals surface area contributed by atoms with Gasteiger partial charge in [-0.25, -0.2) is 4.68 Å². The number of amides is 1. The van der Waals surface area contributed by atoms with Gasteiger partial charge in [-0.1, -0.05) is 6.92 Å². The zero-order chi connectivity index (χ0) is 15.6. The van der Waals surface area contributed by atoms with Crippen molar-refractivity contribution >= 4 is 5.91 Å². The molecule has 0 bridgehead atoms. The molecule has 7 nitrogen and oxygen atoms in total. The molecule has 0 atom stereocenters. The number of hydrogen-bond acceptors (Lipinski definition) is 5. The lowest BCUT2D eigenvalue weighted by Crippen LogP contribution is -2.47. The van der Waals surface area contributed by atoms with Crippen LogP contribution in [-0.2, 0) is 16.0 Å². The van der Waals surface area contributed by atoms with Gasteiger partial charge in [0.25, 0.3) is 11.5 Å². The van der Waals surface area contributed by atoms with Gasteiger partial charge in [0, 0.05) is 38.5 Å². The van der Waals surface area contributed by atoms with Crippen molar-refractivity contribution < 1.29 is 14.3 Å².